The number of anilines is 1. The number of nitro groups is 1. The average Bonchev–Trinajstić information content (AvgIpc) is 2.85. The first-order valence-corrected chi connectivity index (χ1v) is 6.98. The molecule has 0 radical (unpaired) electrons. The summed E-state index contributed by atoms with van der Waals surface area (Å²) < 4.78 is 0. The molecule has 0 spiro atoms. The summed E-state index contributed by atoms with van der Waals surface area (Å²) in [5.41, 5.74) is 1.95. The summed E-state index contributed by atoms with van der Waals surface area (Å²) in [5, 5.41) is 14.0. The van der Waals surface area contributed by atoms with Gasteiger partial charge < -0.3 is 5.32 Å². The van der Waals surface area contributed by atoms with Gasteiger partial charge >= 0.3 is 0 Å². The molecule has 0 unspecified atom stereocenters. The van der Waals surface area contributed by atoms with Crippen molar-refractivity contribution < 1.29 is 4.92 Å². The largest absolute Gasteiger partial charge is 0.380 e. The van der Waals surface area contributed by atoms with E-state index in [0.717, 1.165) is 17.7 Å². The topological polar surface area (TPSA) is 55.2 Å². The average molecular weight is 276 g/mol. The summed E-state index contributed by atoms with van der Waals surface area (Å²) in [6.45, 7) is 4.78. The molecule has 0 bridgehead atoms. The predicted molar refractivity (Wildman–Crippen MR) is 78.9 cm³/mol. The quantitative estimate of drug-likeness (QED) is 0.659. The van der Waals surface area contributed by atoms with Gasteiger partial charge in [0.05, 0.1) is 4.92 Å². The fourth-order valence-corrected chi connectivity index (χ4v) is 2.70. The molecule has 2 aromatic rings. The molecule has 19 heavy (non-hydrogen) atoms. The Kier molecular flexibility index (Phi) is 4.16. The van der Waals surface area contributed by atoms with Crippen LogP contribution in [0.1, 0.15) is 22.2 Å². The zero-order chi connectivity index (χ0) is 13.8. The summed E-state index contributed by atoms with van der Waals surface area (Å²) in [6.07, 6.45) is 1.04. The number of thiophene rings is 1. The lowest BCUT2D eigenvalue weighted by molar-refractivity contribution is -0.384. The number of rotatable bonds is 5. The fraction of sp³-hybridized carbons (Fsp3) is 0.286. The van der Waals surface area contributed by atoms with Crippen LogP contribution < -0.4 is 5.32 Å². The van der Waals surface area contributed by atoms with Crippen LogP contribution in [0.25, 0.3) is 0 Å². The lowest BCUT2D eigenvalue weighted by Gasteiger charge is -2.08. The normalized spacial score (nSPS) is 10.4. The second-order valence-electron chi connectivity index (χ2n) is 4.33. The molecule has 1 N–H and O–H groups in total. The first-order valence-electron chi connectivity index (χ1n) is 6.16. The maximum Gasteiger partial charge on any atom is 0.271 e. The van der Waals surface area contributed by atoms with E-state index in [1.807, 2.05) is 6.92 Å². The van der Waals surface area contributed by atoms with Crippen molar-refractivity contribution in [3.8, 4) is 0 Å². The minimum atomic E-state index is -0.370. The molecular formula is C14H16N2O2S. The summed E-state index contributed by atoms with van der Waals surface area (Å²) in [4.78, 5) is 13.0. The van der Waals surface area contributed by atoms with Gasteiger partial charge in [0.15, 0.2) is 0 Å². The van der Waals surface area contributed by atoms with E-state index in [1.54, 1.807) is 23.5 Å². The van der Waals surface area contributed by atoms with E-state index in [2.05, 4.69) is 24.4 Å². The molecule has 0 aliphatic carbocycles. The number of aryl methyl sites for hydroxylation is 2. The maximum absolute atomic E-state index is 10.8. The van der Waals surface area contributed by atoms with Crippen molar-refractivity contribution >= 4 is 22.7 Å². The molecule has 100 valence electrons. The minimum Gasteiger partial charge on any atom is -0.380 e. The van der Waals surface area contributed by atoms with E-state index in [9.17, 15) is 10.1 Å². The third-order valence-corrected chi connectivity index (χ3v) is 4.18. The predicted octanol–water partition coefficient (Wildman–Crippen LogP) is 4.14. The van der Waals surface area contributed by atoms with Gasteiger partial charge in [-0.2, -0.15) is 0 Å². The second kappa shape index (κ2) is 5.84. The van der Waals surface area contributed by atoms with Gasteiger partial charge in [-0.3, -0.25) is 10.1 Å². The van der Waals surface area contributed by atoms with Crippen LogP contribution in [0.4, 0.5) is 11.4 Å². The van der Waals surface area contributed by atoms with Crippen LogP contribution in [-0.4, -0.2) is 4.92 Å². The molecule has 0 saturated carbocycles. The van der Waals surface area contributed by atoms with Crippen molar-refractivity contribution in [1.82, 2.24) is 0 Å². The number of nitro benzene ring substituents is 1. The highest BCUT2D eigenvalue weighted by Gasteiger charge is 2.08. The molecule has 0 fully saturated rings. The van der Waals surface area contributed by atoms with E-state index < -0.39 is 0 Å². The van der Waals surface area contributed by atoms with Crippen LogP contribution in [0, 0.1) is 17.0 Å². The highest BCUT2D eigenvalue weighted by atomic mass is 32.1. The molecule has 0 amide bonds. The Balaban J connectivity index is 2.10. The molecule has 5 heteroatoms. The Morgan fingerprint density at radius 3 is 2.63 bits per heavy atom. The van der Waals surface area contributed by atoms with Crippen LogP contribution in [0.2, 0.25) is 0 Å². The molecule has 0 aliphatic rings. The van der Waals surface area contributed by atoms with E-state index in [-0.39, 0.29) is 10.6 Å². The van der Waals surface area contributed by atoms with Crippen molar-refractivity contribution in [2.75, 3.05) is 5.32 Å². The number of nitrogens with one attached hydrogen (secondary N) is 1. The molecule has 1 heterocycles. The number of hydrogen-bond acceptors (Lipinski definition) is 4. The van der Waals surface area contributed by atoms with Gasteiger partial charge in [0.2, 0.25) is 0 Å². The summed E-state index contributed by atoms with van der Waals surface area (Å²) in [6, 6.07) is 9.11. The number of hydrogen-bond donors (Lipinski definition) is 1. The highest BCUT2D eigenvalue weighted by Crippen LogP contribution is 2.24. The zero-order valence-electron chi connectivity index (χ0n) is 11.0. The smallest absolute Gasteiger partial charge is 0.271 e. The van der Waals surface area contributed by atoms with E-state index in [1.165, 1.54) is 15.8 Å². The summed E-state index contributed by atoms with van der Waals surface area (Å²) in [5.74, 6) is 0. The van der Waals surface area contributed by atoms with Gasteiger partial charge in [0.25, 0.3) is 5.69 Å². The van der Waals surface area contributed by atoms with Gasteiger partial charge in [-0.1, -0.05) is 13.0 Å². The van der Waals surface area contributed by atoms with E-state index in [4.69, 9.17) is 0 Å². The lowest BCUT2D eigenvalue weighted by atomic mass is 10.2. The van der Waals surface area contributed by atoms with Crippen molar-refractivity contribution in [3.63, 3.8) is 0 Å². The molecule has 1 aromatic carbocycles. The molecule has 2 rings (SSSR count). The van der Waals surface area contributed by atoms with Gasteiger partial charge in [-0.15, -0.1) is 11.3 Å². The highest BCUT2D eigenvalue weighted by molar-refractivity contribution is 7.12. The summed E-state index contributed by atoms with van der Waals surface area (Å²) >= 11 is 1.77. The third-order valence-electron chi connectivity index (χ3n) is 2.95. The third kappa shape index (κ3) is 3.32. The first-order chi connectivity index (χ1) is 9.10. The molecule has 0 atom stereocenters. The van der Waals surface area contributed by atoms with Crippen molar-refractivity contribution in [3.05, 3.63) is 55.8 Å². The molecule has 0 aliphatic heterocycles. The van der Waals surface area contributed by atoms with Crippen LogP contribution in [-0.2, 0) is 13.0 Å². The zero-order valence-corrected chi connectivity index (χ0v) is 11.8. The van der Waals surface area contributed by atoms with Gasteiger partial charge in [-0.25, -0.2) is 0 Å². The fourth-order valence-electron chi connectivity index (χ4n) is 1.80. The van der Waals surface area contributed by atoms with Crippen molar-refractivity contribution in [1.29, 1.82) is 0 Å². The maximum atomic E-state index is 10.8. The number of non-ortho nitro benzene ring substituents is 1. The molecule has 0 saturated heterocycles. The Morgan fingerprint density at radius 2 is 2.00 bits per heavy atom. The van der Waals surface area contributed by atoms with Crippen LogP contribution in [0.5, 0.6) is 0 Å². The Bertz CT molecular complexity index is 593. The number of benzene rings is 1. The molecule has 1 aromatic heterocycles. The van der Waals surface area contributed by atoms with Crippen LogP contribution in [0.3, 0.4) is 0 Å². The van der Waals surface area contributed by atoms with Crippen LogP contribution >= 0.6 is 11.3 Å². The molecular weight excluding hydrogens is 260 g/mol. The van der Waals surface area contributed by atoms with E-state index in [0.29, 0.717) is 6.54 Å². The second-order valence-corrected chi connectivity index (χ2v) is 5.58. The minimum absolute atomic E-state index is 0.119. The number of nitrogens with zero attached hydrogens (tertiary/aromatic N) is 1. The van der Waals surface area contributed by atoms with Crippen molar-refractivity contribution in [2.45, 2.75) is 26.8 Å². The lowest BCUT2D eigenvalue weighted by Crippen LogP contribution is -2.00. The van der Waals surface area contributed by atoms with Crippen molar-refractivity contribution in [2.24, 2.45) is 0 Å². The van der Waals surface area contributed by atoms with Gasteiger partial charge in [0, 0.05) is 34.1 Å². The molecule has 4 nitrogen and oxygen atoms in total. The Morgan fingerprint density at radius 1 is 1.26 bits per heavy atom. The van der Waals surface area contributed by atoms with Gasteiger partial charge in [0.1, 0.15) is 0 Å². The monoisotopic (exact) mass is 276 g/mol. The summed E-state index contributed by atoms with van der Waals surface area (Å²) in [7, 11) is 0. The van der Waals surface area contributed by atoms with Crippen LogP contribution in [0.15, 0.2) is 30.3 Å². The Labute approximate surface area is 116 Å². The Hall–Kier alpha value is -1.88. The van der Waals surface area contributed by atoms with E-state index >= 15 is 0 Å². The SMILES string of the molecule is CCc1ccc(CNc2cc([N+](=O)[O-])ccc2C)s1. The first kappa shape index (κ1) is 13.5. The van der Waals surface area contributed by atoms with Gasteiger partial charge in [-0.05, 0) is 31.0 Å². The standard InChI is InChI=1S/C14H16N2O2S/c1-3-12-6-7-13(19-12)9-15-14-8-11(16(17)18)5-4-10(14)2/h4-8,15H,3,9H2,1-2H3.